The first-order valence-corrected chi connectivity index (χ1v) is 9.28. The number of para-hydroxylation sites is 1. The Balaban J connectivity index is 1.64. The van der Waals surface area contributed by atoms with Crippen molar-refractivity contribution in [2.24, 2.45) is 0 Å². The van der Waals surface area contributed by atoms with E-state index in [0.29, 0.717) is 6.10 Å². The maximum absolute atomic E-state index is 6.30. The third-order valence-electron chi connectivity index (χ3n) is 5.08. The van der Waals surface area contributed by atoms with E-state index in [1.54, 1.807) is 0 Å². The minimum atomic E-state index is 0.144. The second-order valence-electron chi connectivity index (χ2n) is 8.48. The molecular formula is C21H32N2O. The molecule has 1 saturated heterocycles. The van der Waals surface area contributed by atoms with Crippen molar-refractivity contribution in [2.75, 3.05) is 6.61 Å². The molecule has 1 aliphatic heterocycles. The molecule has 132 valence electrons. The fourth-order valence-corrected chi connectivity index (χ4v) is 4.52. The lowest BCUT2D eigenvalue weighted by Crippen LogP contribution is -2.59. The molecular weight excluding hydrogens is 296 g/mol. The third-order valence-corrected chi connectivity index (χ3v) is 5.08. The van der Waals surface area contributed by atoms with Gasteiger partial charge >= 0.3 is 0 Å². The van der Waals surface area contributed by atoms with Crippen molar-refractivity contribution < 1.29 is 4.74 Å². The largest absolute Gasteiger partial charge is 0.378 e. The highest BCUT2D eigenvalue weighted by Gasteiger charge is 2.37. The number of aryl methyl sites for hydroxylation is 1. The van der Waals surface area contributed by atoms with E-state index >= 15 is 0 Å². The van der Waals surface area contributed by atoms with Crippen LogP contribution in [0.25, 0.3) is 10.9 Å². The Morgan fingerprint density at radius 1 is 1.12 bits per heavy atom. The van der Waals surface area contributed by atoms with Gasteiger partial charge in [0.2, 0.25) is 0 Å². The molecule has 1 N–H and O–H groups in total. The highest BCUT2D eigenvalue weighted by molar-refractivity contribution is 5.81. The van der Waals surface area contributed by atoms with Crippen LogP contribution in [-0.2, 0) is 17.7 Å². The van der Waals surface area contributed by atoms with Gasteiger partial charge in [0.25, 0.3) is 0 Å². The molecule has 0 bridgehead atoms. The summed E-state index contributed by atoms with van der Waals surface area (Å²) in [6.07, 6.45) is 3.48. The first-order valence-electron chi connectivity index (χ1n) is 9.28. The van der Waals surface area contributed by atoms with Gasteiger partial charge in [0.1, 0.15) is 0 Å². The number of hydrogen-bond donors (Lipinski definition) is 1. The normalized spacial score (nSPS) is 20.5. The molecule has 0 saturated carbocycles. The number of aromatic nitrogens is 1. The molecule has 3 nitrogen and oxygen atoms in total. The summed E-state index contributed by atoms with van der Waals surface area (Å²) in [5, 5.41) is 5.05. The zero-order valence-corrected chi connectivity index (χ0v) is 15.9. The summed E-state index contributed by atoms with van der Waals surface area (Å²) in [5.74, 6) is 0. The fraction of sp³-hybridized carbons (Fsp3) is 0.619. The van der Waals surface area contributed by atoms with Crippen LogP contribution in [0.15, 0.2) is 30.3 Å². The van der Waals surface area contributed by atoms with Gasteiger partial charge in [0.05, 0.1) is 12.7 Å². The maximum Gasteiger partial charge on any atom is 0.0610 e. The van der Waals surface area contributed by atoms with Crippen LogP contribution in [0.5, 0.6) is 0 Å². The maximum atomic E-state index is 6.30. The lowest BCUT2D eigenvalue weighted by atomic mass is 9.81. The molecule has 24 heavy (non-hydrogen) atoms. The van der Waals surface area contributed by atoms with Crippen LogP contribution in [0.4, 0.5) is 0 Å². The molecule has 0 atom stereocenters. The van der Waals surface area contributed by atoms with Crippen LogP contribution in [0, 0.1) is 0 Å². The summed E-state index contributed by atoms with van der Waals surface area (Å²) in [4.78, 5) is 0. The molecule has 1 aromatic carbocycles. The Labute approximate surface area is 146 Å². The SMILES string of the molecule is CCn1c(CCOC2CC(C)(C)NC(C)(C)C2)cc2ccccc21. The number of nitrogens with one attached hydrogen (secondary N) is 1. The summed E-state index contributed by atoms with van der Waals surface area (Å²) < 4.78 is 8.71. The monoisotopic (exact) mass is 328 g/mol. The molecule has 0 unspecified atom stereocenters. The summed E-state index contributed by atoms with van der Waals surface area (Å²) in [6, 6.07) is 11.0. The topological polar surface area (TPSA) is 26.2 Å². The van der Waals surface area contributed by atoms with Crippen LogP contribution >= 0.6 is 0 Å². The number of rotatable bonds is 5. The summed E-state index contributed by atoms with van der Waals surface area (Å²) in [5.41, 5.74) is 3.00. The van der Waals surface area contributed by atoms with Crippen LogP contribution in [0.1, 0.15) is 53.2 Å². The van der Waals surface area contributed by atoms with E-state index in [9.17, 15) is 0 Å². The number of benzene rings is 1. The number of piperidine rings is 1. The Morgan fingerprint density at radius 3 is 2.46 bits per heavy atom. The van der Waals surface area contributed by atoms with Gasteiger partial charge in [-0.1, -0.05) is 18.2 Å². The number of hydrogen-bond acceptors (Lipinski definition) is 2. The van der Waals surface area contributed by atoms with Crippen molar-refractivity contribution in [3.8, 4) is 0 Å². The van der Waals surface area contributed by atoms with Gasteiger partial charge in [0.15, 0.2) is 0 Å². The molecule has 0 spiro atoms. The van der Waals surface area contributed by atoms with Crippen molar-refractivity contribution in [2.45, 2.75) is 77.6 Å². The lowest BCUT2D eigenvalue weighted by molar-refractivity contribution is -0.0206. The Hall–Kier alpha value is -1.32. The molecule has 1 fully saturated rings. The molecule has 2 heterocycles. The molecule has 2 aromatic rings. The summed E-state index contributed by atoms with van der Waals surface area (Å²) >= 11 is 0. The summed E-state index contributed by atoms with van der Waals surface area (Å²) in [6.45, 7) is 13.1. The quantitative estimate of drug-likeness (QED) is 0.873. The minimum absolute atomic E-state index is 0.144. The second-order valence-corrected chi connectivity index (χ2v) is 8.48. The van der Waals surface area contributed by atoms with Crippen LogP contribution in [0.2, 0.25) is 0 Å². The van der Waals surface area contributed by atoms with Gasteiger partial charge in [-0.15, -0.1) is 0 Å². The predicted octanol–water partition coefficient (Wildman–Crippen LogP) is 4.53. The average molecular weight is 329 g/mol. The van der Waals surface area contributed by atoms with Crippen molar-refractivity contribution in [3.05, 3.63) is 36.0 Å². The number of nitrogens with zero attached hydrogens (tertiary/aromatic N) is 1. The second kappa shape index (κ2) is 6.53. The first kappa shape index (κ1) is 17.5. The van der Waals surface area contributed by atoms with E-state index < -0.39 is 0 Å². The van der Waals surface area contributed by atoms with Gasteiger partial charge in [-0.2, -0.15) is 0 Å². The van der Waals surface area contributed by atoms with E-state index in [1.807, 2.05) is 0 Å². The summed E-state index contributed by atoms with van der Waals surface area (Å²) in [7, 11) is 0. The Kier molecular flexibility index (Phi) is 4.76. The molecule has 1 aliphatic rings. The zero-order chi connectivity index (χ0) is 17.4. The minimum Gasteiger partial charge on any atom is -0.378 e. The molecule has 0 aliphatic carbocycles. The highest BCUT2D eigenvalue weighted by atomic mass is 16.5. The van der Waals surface area contributed by atoms with Gasteiger partial charge in [-0.25, -0.2) is 0 Å². The predicted molar refractivity (Wildman–Crippen MR) is 102 cm³/mol. The third kappa shape index (κ3) is 3.84. The van der Waals surface area contributed by atoms with Crippen molar-refractivity contribution in [3.63, 3.8) is 0 Å². The molecule has 1 aromatic heterocycles. The number of fused-ring (bicyclic) bond motifs is 1. The van der Waals surface area contributed by atoms with E-state index in [-0.39, 0.29) is 11.1 Å². The smallest absolute Gasteiger partial charge is 0.0610 e. The van der Waals surface area contributed by atoms with Crippen LogP contribution in [-0.4, -0.2) is 28.4 Å². The first-order chi connectivity index (χ1) is 11.3. The van der Waals surface area contributed by atoms with Gasteiger partial charge in [-0.05, 0) is 65.0 Å². The standard InChI is InChI=1S/C21H32N2O/c1-6-23-17(13-16-9-7-8-10-19(16)23)11-12-24-18-14-20(2,3)22-21(4,5)15-18/h7-10,13,18,22H,6,11-12,14-15H2,1-5H3. The van der Waals surface area contributed by atoms with Crippen LogP contribution in [0.3, 0.4) is 0 Å². The van der Waals surface area contributed by atoms with E-state index in [4.69, 9.17) is 4.74 Å². The van der Waals surface area contributed by atoms with Crippen molar-refractivity contribution in [1.29, 1.82) is 0 Å². The van der Waals surface area contributed by atoms with Gasteiger partial charge in [-0.3, -0.25) is 0 Å². The lowest BCUT2D eigenvalue weighted by Gasteiger charge is -2.46. The van der Waals surface area contributed by atoms with Crippen molar-refractivity contribution >= 4 is 10.9 Å². The van der Waals surface area contributed by atoms with Crippen LogP contribution < -0.4 is 5.32 Å². The zero-order valence-electron chi connectivity index (χ0n) is 15.9. The highest BCUT2D eigenvalue weighted by Crippen LogP contribution is 2.30. The molecule has 0 amide bonds. The van der Waals surface area contributed by atoms with Gasteiger partial charge in [0, 0.05) is 35.3 Å². The van der Waals surface area contributed by atoms with E-state index in [0.717, 1.165) is 32.4 Å². The van der Waals surface area contributed by atoms with E-state index in [2.05, 4.69) is 74.8 Å². The fourth-order valence-electron chi connectivity index (χ4n) is 4.52. The van der Waals surface area contributed by atoms with E-state index in [1.165, 1.54) is 16.6 Å². The molecule has 3 rings (SSSR count). The molecule has 3 heteroatoms. The van der Waals surface area contributed by atoms with Crippen molar-refractivity contribution in [1.82, 2.24) is 9.88 Å². The molecule has 0 radical (unpaired) electrons. The Bertz CT molecular complexity index is 683. The Morgan fingerprint density at radius 2 is 1.79 bits per heavy atom. The average Bonchev–Trinajstić information content (AvgIpc) is 2.81. The van der Waals surface area contributed by atoms with Gasteiger partial charge < -0.3 is 14.6 Å². The number of ether oxygens (including phenoxy) is 1.